The van der Waals surface area contributed by atoms with Gasteiger partial charge >= 0.3 is 0 Å². The SMILES string of the molecule is CCOc1ccc2nc(C(N)Cc3cnc[nH]3)sc2c1. The smallest absolute Gasteiger partial charge is 0.120 e. The van der Waals surface area contributed by atoms with Crippen LogP contribution in [0.25, 0.3) is 10.2 Å². The Kier molecular flexibility index (Phi) is 3.66. The number of thiazole rings is 1. The number of H-pyrrole nitrogens is 1. The van der Waals surface area contributed by atoms with E-state index in [2.05, 4.69) is 15.0 Å². The molecule has 0 radical (unpaired) electrons. The number of nitrogens with two attached hydrogens (primary N) is 1. The number of ether oxygens (including phenoxy) is 1. The van der Waals surface area contributed by atoms with Gasteiger partial charge in [0.15, 0.2) is 0 Å². The first-order chi connectivity index (χ1) is 9.76. The fourth-order valence-corrected chi connectivity index (χ4v) is 3.06. The third-order valence-electron chi connectivity index (χ3n) is 3.00. The van der Waals surface area contributed by atoms with E-state index < -0.39 is 0 Å². The minimum Gasteiger partial charge on any atom is -0.494 e. The second-order valence-electron chi connectivity index (χ2n) is 4.50. The first-order valence-corrected chi connectivity index (χ1v) is 7.34. The van der Waals surface area contributed by atoms with Crippen molar-refractivity contribution in [2.45, 2.75) is 19.4 Å². The lowest BCUT2D eigenvalue weighted by atomic mass is 10.2. The van der Waals surface area contributed by atoms with E-state index in [0.717, 1.165) is 26.7 Å². The van der Waals surface area contributed by atoms with Gasteiger partial charge in [-0.05, 0) is 25.1 Å². The molecule has 0 bridgehead atoms. The van der Waals surface area contributed by atoms with Crippen LogP contribution in [0, 0.1) is 0 Å². The third-order valence-corrected chi connectivity index (χ3v) is 4.15. The summed E-state index contributed by atoms with van der Waals surface area (Å²) in [5, 5.41) is 0.934. The van der Waals surface area contributed by atoms with Gasteiger partial charge in [-0.15, -0.1) is 11.3 Å². The fraction of sp³-hybridized carbons (Fsp3) is 0.286. The van der Waals surface area contributed by atoms with Gasteiger partial charge in [-0.3, -0.25) is 0 Å². The molecule has 0 amide bonds. The molecule has 20 heavy (non-hydrogen) atoms. The highest BCUT2D eigenvalue weighted by Crippen LogP contribution is 2.29. The molecule has 0 fully saturated rings. The minimum atomic E-state index is -0.122. The number of benzene rings is 1. The van der Waals surface area contributed by atoms with Crippen LogP contribution in [0.1, 0.15) is 23.7 Å². The number of nitrogens with one attached hydrogen (secondary N) is 1. The van der Waals surface area contributed by atoms with Gasteiger partial charge in [0, 0.05) is 18.3 Å². The largest absolute Gasteiger partial charge is 0.494 e. The molecule has 1 atom stereocenters. The van der Waals surface area contributed by atoms with Crippen LogP contribution in [-0.4, -0.2) is 21.6 Å². The Bertz CT molecular complexity index is 692. The maximum atomic E-state index is 6.22. The van der Waals surface area contributed by atoms with Gasteiger partial charge in [-0.1, -0.05) is 0 Å². The summed E-state index contributed by atoms with van der Waals surface area (Å²) in [5.41, 5.74) is 8.20. The van der Waals surface area contributed by atoms with E-state index in [-0.39, 0.29) is 6.04 Å². The summed E-state index contributed by atoms with van der Waals surface area (Å²) in [4.78, 5) is 11.7. The van der Waals surface area contributed by atoms with Gasteiger partial charge in [0.2, 0.25) is 0 Å². The van der Waals surface area contributed by atoms with Crippen molar-refractivity contribution in [2.24, 2.45) is 5.73 Å². The van der Waals surface area contributed by atoms with E-state index in [9.17, 15) is 0 Å². The number of hydrogen-bond donors (Lipinski definition) is 2. The molecular formula is C14H16N4OS. The van der Waals surface area contributed by atoms with Gasteiger partial charge in [0.1, 0.15) is 10.8 Å². The van der Waals surface area contributed by atoms with Crippen molar-refractivity contribution < 1.29 is 4.74 Å². The minimum absolute atomic E-state index is 0.122. The summed E-state index contributed by atoms with van der Waals surface area (Å²) < 4.78 is 6.61. The molecule has 2 aromatic heterocycles. The number of nitrogens with zero attached hydrogens (tertiary/aromatic N) is 2. The molecule has 3 aromatic rings. The zero-order valence-corrected chi connectivity index (χ0v) is 12.0. The van der Waals surface area contributed by atoms with Gasteiger partial charge < -0.3 is 15.5 Å². The molecule has 0 spiro atoms. The average molecular weight is 288 g/mol. The highest BCUT2D eigenvalue weighted by atomic mass is 32.1. The molecule has 6 heteroatoms. The summed E-state index contributed by atoms with van der Waals surface area (Å²) >= 11 is 1.62. The molecule has 0 aliphatic heterocycles. The second-order valence-corrected chi connectivity index (χ2v) is 5.56. The number of fused-ring (bicyclic) bond motifs is 1. The molecule has 3 rings (SSSR count). The lowest BCUT2D eigenvalue weighted by molar-refractivity contribution is 0.341. The van der Waals surface area contributed by atoms with E-state index in [1.165, 1.54) is 0 Å². The van der Waals surface area contributed by atoms with Crippen LogP contribution in [0.15, 0.2) is 30.7 Å². The quantitative estimate of drug-likeness (QED) is 0.756. The van der Waals surface area contributed by atoms with Gasteiger partial charge in [-0.25, -0.2) is 9.97 Å². The van der Waals surface area contributed by atoms with Crippen LogP contribution >= 0.6 is 11.3 Å². The number of rotatable bonds is 5. The Morgan fingerprint density at radius 2 is 2.35 bits per heavy atom. The summed E-state index contributed by atoms with van der Waals surface area (Å²) in [6.45, 7) is 2.64. The molecular weight excluding hydrogens is 272 g/mol. The van der Waals surface area contributed by atoms with Crippen LogP contribution in [0.5, 0.6) is 5.75 Å². The predicted molar refractivity (Wildman–Crippen MR) is 80.0 cm³/mol. The maximum absolute atomic E-state index is 6.22. The normalized spacial score (nSPS) is 12.7. The number of hydrogen-bond acceptors (Lipinski definition) is 5. The molecule has 1 aromatic carbocycles. The van der Waals surface area contributed by atoms with Crippen molar-refractivity contribution in [3.05, 3.63) is 41.4 Å². The van der Waals surface area contributed by atoms with E-state index in [1.54, 1.807) is 23.9 Å². The first-order valence-electron chi connectivity index (χ1n) is 6.52. The van der Waals surface area contributed by atoms with Crippen molar-refractivity contribution in [3.8, 4) is 5.75 Å². The lowest BCUT2D eigenvalue weighted by Gasteiger charge is -2.05. The zero-order valence-electron chi connectivity index (χ0n) is 11.2. The first kappa shape index (κ1) is 13.1. The second kappa shape index (κ2) is 5.60. The van der Waals surface area contributed by atoms with E-state index in [1.807, 2.05) is 25.1 Å². The van der Waals surface area contributed by atoms with Crippen LogP contribution in [0.4, 0.5) is 0 Å². The standard InChI is InChI=1S/C14H16N4OS/c1-2-19-10-3-4-12-13(6-10)20-14(18-12)11(15)5-9-7-16-8-17-9/h3-4,6-8,11H,2,5,15H2,1H3,(H,16,17). The van der Waals surface area contributed by atoms with Crippen molar-refractivity contribution in [1.82, 2.24) is 15.0 Å². The van der Waals surface area contributed by atoms with E-state index in [0.29, 0.717) is 13.0 Å². The summed E-state index contributed by atoms with van der Waals surface area (Å²) in [6.07, 6.45) is 4.16. The molecule has 5 nitrogen and oxygen atoms in total. The molecule has 0 saturated carbocycles. The van der Waals surface area contributed by atoms with Crippen LogP contribution < -0.4 is 10.5 Å². The van der Waals surface area contributed by atoms with Crippen LogP contribution in [0.3, 0.4) is 0 Å². The Balaban J connectivity index is 1.84. The highest BCUT2D eigenvalue weighted by Gasteiger charge is 2.13. The van der Waals surface area contributed by atoms with Crippen molar-refractivity contribution in [2.75, 3.05) is 6.61 Å². The van der Waals surface area contributed by atoms with Gasteiger partial charge in [0.25, 0.3) is 0 Å². The summed E-state index contributed by atoms with van der Waals surface area (Å²) in [5.74, 6) is 0.873. The molecule has 3 N–H and O–H groups in total. The van der Waals surface area contributed by atoms with Crippen molar-refractivity contribution in [1.29, 1.82) is 0 Å². The Morgan fingerprint density at radius 1 is 1.45 bits per heavy atom. The molecule has 0 aliphatic rings. The van der Waals surface area contributed by atoms with E-state index >= 15 is 0 Å². The van der Waals surface area contributed by atoms with Gasteiger partial charge in [0.05, 0.1) is 29.2 Å². The zero-order chi connectivity index (χ0) is 13.9. The topological polar surface area (TPSA) is 76.8 Å². The molecule has 0 saturated heterocycles. The Hall–Kier alpha value is -1.92. The number of aromatic amines is 1. The molecule has 0 aliphatic carbocycles. The average Bonchev–Trinajstić information content (AvgIpc) is 3.07. The van der Waals surface area contributed by atoms with Crippen LogP contribution in [-0.2, 0) is 6.42 Å². The van der Waals surface area contributed by atoms with E-state index in [4.69, 9.17) is 10.5 Å². The monoisotopic (exact) mass is 288 g/mol. The number of aromatic nitrogens is 3. The Labute approximate surface area is 120 Å². The van der Waals surface area contributed by atoms with Crippen molar-refractivity contribution >= 4 is 21.6 Å². The summed E-state index contributed by atoms with van der Waals surface area (Å²) in [6, 6.07) is 5.81. The highest BCUT2D eigenvalue weighted by molar-refractivity contribution is 7.18. The Morgan fingerprint density at radius 3 is 3.10 bits per heavy atom. The molecule has 104 valence electrons. The fourth-order valence-electron chi connectivity index (χ4n) is 2.06. The van der Waals surface area contributed by atoms with Crippen molar-refractivity contribution in [3.63, 3.8) is 0 Å². The summed E-state index contributed by atoms with van der Waals surface area (Å²) in [7, 11) is 0. The lowest BCUT2D eigenvalue weighted by Crippen LogP contribution is -2.13. The third kappa shape index (κ3) is 2.66. The molecule has 1 unspecified atom stereocenters. The number of imidazole rings is 1. The molecule has 2 heterocycles. The maximum Gasteiger partial charge on any atom is 0.120 e. The van der Waals surface area contributed by atoms with Crippen LogP contribution in [0.2, 0.25) is 0 Å². The predicted octanol–water partition coefficient (Wildman–Crippen LogP) is 2.66. The van der Waals surface area contributed by atoms with Gasteiger partial charge in [-0.2, -0.15) is 0 Å².